The zero-order valence-corrected chi connectivity index (χ0v) is 13.2. The quantitative estimate of drug-likeness (QED) is 0.820. The molecule has 1 aliphatic heterocycles. The zero-order chi connectivity index (χ0) is 13.2. The van der Waals surface area contributed by atoms with E-state index in [1.807, 2.05) is 25.1 Å². The summed E-state index contributed by atoms with van der Waals surface area (Å²) in [6.45, 7) is 2.58. The first-order valence-corrected chi connectivity index (χ1v) is 8.57. The van der Waals surface area contributed by atoms with E-state index in [4.69, 9.17) is 0 Å². The molecule has 6 heteroatoms. The Hall–Kier alpha value is -0.340. The third kappa shape index (κ3) is 3.16. The Kier molecular flexibility index (Phi) is 4.50. The summed E-state index contributed by atoms with van der Waals surface area (Å²) in [4.78, 5) is 0. The lowest BCUT2D eigenvalue weighted by Gasteiger charge is -2.32. The van der Waals surface area contributed by atoms with Crippen LogP contribution in [0.5, 0.6) is 0 Å². The molecule has 0 aliphatic carbocycles. The maximum absolute atomic E-state index is 12.3. The summed E-state index contributed by atoms with van der Waals surface area (Å²) < 4.78 is 29.8. The Balaban J connectivity index is 2.19. The van der Waals surface area contributed by atoms with Gasteiger partial charge in [0, 0.05) is 16.2 Å². The number of piperidine rings is 1. The summed E-state index contributed by atoms with van der Waals surface area (Å²) in [7, 11) is -3.43. The van der Waals surface area contributed by atoms with Gasteiger partial charge in [0.05, 0.1) is 5.69 Å². The van der Waals surface area contributed by atoms with Crippen LogP contribution in [0, 0.1) is 3.57 Å². The van der Waals surface area contributed by atoms with Crippen molar-refractivity contribution < 1.29 is 8.42 Å². The molecule has 100 valence electrons. The fourth-order valence-electron chi connectivity index (χ4n) is 2.17. The lowest BCUT2D eigenvalue weighted by molar-refractivity contribution is 0.270. The summed E-state index contributed by atoms with van der Waals surface area (Å²) in [6, 6.07) is 7.48. The van der Waals surface area contributed by atoms with E-state index in [-0.39, 0.29) is 6.04 Å². The number of halogens is 1. The molecule has 4 nitrogen and oxygen atoms in total. The van der Waals surface area contributed by atoms with Crippen molar-refractivity contribution in [3.05, 3.63) is 27.8 Å². The first-order chi connectivity index (χ1) is 8.50. The predicted molar refractivity (Wildman–Crippen MR) is 81.7 cm³/mol. The molecule has 1 N–H and O–H groups in total. The Labute approximate surface area is 122 Å². The number of hydrogen-bond acceptors (Lipinski definition) is 2. The maximum Gasteiger partial charge on any atom is 0.301 e. The van der Waals surface area contributed by atoms with Gasteiger partial charge in [-0.25, -0.2) is 0 Å². The molecule has 1 heterocycles. The molecule has 0 spiro atoms. The SMILES string of the molecule is CC1CCCCN1S(=O)(=O)Nc1ccccc1I. The Morgan fingerprint density at radius 1 is 1.33 bits per heavy atom. The fourth-order valence-corrected chi connectivity index (χ4v) is 4.40. The Bertz CT molecular complexity index is 519. The number of hydrogen-bond donors (Lipinski definition) is 1. The number of para-hydroxylation sites is 1. The van der Waals surface area contributed by atoms with Gasteiger partial charge in [-0.1, -0.05) is 18.6 Å². The molecule has 0 amide bonds. The van der Waals surface area contributed by atoms with Gasteiger partial charge in [-0.3, -0.25) is 4.72 Å². The average molecular weight is 380 g/mol. The summed E-state index contributed by atoms with van der Waals surface area (Å²) in [5, 5.41) is 0. The largest absolute Gasteiger partial charge is 0.301 e. The molecular formula is C12H17IN2O2S. The second-order valence-electron chi connectivity index (χ2n) is 4.54. The van der Waals surface area contributed by atoms with Crippen LogP contribution in [0.15, 0.2) is 24.3 Å². The van der Waals surface area contributed by atoms with E-state index in [2.05, 4.69) is 27.3 Å². The molecule has 2 rings (SSSR count). The van der Waals surface area contributed by atoms with Gasteiger partial charge >= 0.3 is 10.2 Å². The van der Waals surface area contributed by atoms with E-state index in [0.29, 0.717) is 12.2 Å². The van der Waals surface area contributed by atoms with Crippen LogP contribution in [0.2, 0.25) is 0 Å². The van der Waals surface area contributed by atoms with Crippen LogP contribution in [0.1, 0.15) is 26.2 Å². The number of benzene rings is 1. The molecule has 0 saturated carbocycles. The molecule has 1 atom stereocenters. The van der Waals surface area contributed by atoms with Crippen molar-refractivity contribution in [3.63, 3.8) is 0 Å². The maximum atomic E-state index is 12.3. The lowest BCUT2D eigenvalue weighted by Crippen LogP contribution is -2.44. The van der Waals surface area contributed by atoms with Crippen molar-refractivity contribution in [2.75, 3.05) is 11.3 Å². The summed E-state index contributed by atoms with van der Waals surface area (Å²) >= 11 is 2.13. The van der Waals surface area contributed by atoms with Crippen molar-refractivity contribution in [2.45, 2.75) is 32.2 Å². The molecular weight excluding hydrogens is 363 g/mol. The van der Waals surface area contributed by atoms with Crippen LogP contribution < -0.4 is 4.72 Å². The van der Waals surface area contributed by atoms with Gasteiger partial charge in [0.25, 0.3) is 0 Å². The number of anilines is 1. The van der Waals surface area contributed by atoms with Gasteiger partial charge in [0.15, 0.2) is 0 Å². The first kappa shape index (κ1) is 14.1. The highest BCUT2D eigenvalue weighted by molar-refractivity contribution is 14.1. The van der Waals surface area contributed by atoms with E-state index in [0.717, 1.165) is 22.8 Å². The second-order valence-corrected chi connectivity index (χ2v) is 7.33. The standard InChI is InChI=1S/C12H17IN2O2S/c1-10-6-4-5-9-15(10)18(16,17)14-12-8-3-2-7-11(12)13/h2-3,7-8,10,14H,4-6,9H2,1H3. The minimum atomic E-state index is -3.43. The topological polar surface area (TPSA) is 49.4 Å². The monoisotopic (exact) mass is 380 g/mol. The average Bonchev–Trinajstić information content (AvgIpc) is 2.32. The van der Waals surface area contributed by atoms with Crippen molar-refractivity contribution in [3.8, 4) is 0 Å². The van der Waals surface area contributed by atoms with E-state index >= 15 is 0 Å². The summed E-state index contributed by atoms with van der Waals surface area (Å²) in [5.41, 5.74) is 0.649. The Morgan fingerprint density at radius 2 is 2.06 bits per heavy atom. The molecule has 0 radical (unpaired) electrons. The van der Waals surface area contributed by atoms with Crippen molar-refractivity contribution in [1.82, 2.24) is 4.31 Å². The highest BCUT2D eigenvalue weighted by Crippen LogP contribution is 2.23. The van der Waals surface area contributed by atoms with Gasteiger partial charge in [0.2, 0.25) is 0 Å². The number of rotatable bonds is 3. The van der Waals surface area contributed by atoms with Crippen molar-refractivity contribution in [2.24, 2.45) is 0 Å². The third-order valence-corrected chi connectivity index (χ3v) is 5.74. The van der Waals surface area contributed by atoms with Crippen LogP contribution in [0.3, 0.4) is 0 Å². The highest BCUT2D eigenvalue weighted by atomic mass is 127. The minimum absolute atomic E-state index is 0.0811. The molecule has 1 fully saturated rings. The van der Waals surface area contributed by atoms with E-state index in [9.17, 15) is 8.42 Å². The minimum Gasteiger partial charge on any atom is -0.270 e. The molecule has 1 unspecified atom stereocenters. The van der Waals surface area contributed by atoms with Gasteiger partial charge < -0.3 is 0 Å². The van der Waals surface area contributed by atoms with Crippen LogP contribution in [0.4, 0.5) is 5.69 Å². The molecule has 0 aromatic heterocycles. The van der Waals surface area contributed by atoms with E-state index in [1.165, 1.54) is 0 Å². The number of nitrogens with zero attached hydrogens (tertiary/aromatic N) is 1. The summed E-state index contributed by atoms with van der Waals surface area (Å²) in [6.07, 6.45) is 2.99. The van der Waals surface area contributed by atoms with Crippen LogP contribution in [0.25, 0.3) is 0 Å². The van der Waals surface area contributed by atoms with Gasteiger partial charge in [-0.2, -0.15) is 12.7 Å². The Morgan fingerprint density at radius 3 is 2.72 bits per heavy atom. The normalized spacial score (nSPS) is 21.8. The zero-order valence-electron chi connectivity index (χ0n) is 10.3. The molecule has 0 bridgehead atoms. The molecule has 1 aromatic rings. The second kappa shape index (κ2) is 5.75. The smallest absolute Gasteiger partial charge is 0.270 e. The van der Waals surface area contributed by atoms with Crippen molar-refractivity contribution >= 4 is 38.5 Å². The van der Waals surface area contributed by atoms with Crippen LogP contribution >= 0.6 is 22.6 Å². The van der Waals surface area contributed by atoms with Crippen LogP contribution in [-0.4, -0.2) is 25.3 Å². The molecule has 18 heavy (non-hydrogen) atoms. The van der Waals surface area contributed by atoms with E-state index < -0.39 is 10.2 Å². The predicted octanol–water partition coefficient (Wildman–Crippen LogP) is 2.82. The first-order valence-electron chi connectivity index (χ1n) is 6.05. The van der Waals surface area contributed by atoms with Crippen molar-refractivity contribution in [1.29, 1.82) is 0 Å². The fraction of sp³-hybridized carbons (Fsp3) is 0.500. The van der Waals surface area contributed by atoms with E-state index in [1.54, 1.807) is 10.4 Å². The molecule has 1 saturated heterocycles. The van der Waals surface area contributed by atoms with Gasteiger partial charge in [-0.15, -0.1) is 0 Å². The van der Waals surface area contributed by atoms with Crippen LogP contribution in [-0.2, 0) is 10.2 Å². The molecule has 1 aromatic carbocycles. The summed E-state index contributed by atoms with van der Waals surface area (Å²) in [5.74, 6) is 0. The lowest BCUT2D eigenvalue weighted by atomic mass is 10.1. The van der Waals surface area contributed by atoms with Gasteiger partial charge in [-0.05, 0) is 54.5 Å². The third-order valence-electron chi connectivity index (χ3n) is 3.16. The van der Waals surface area contributed by atoms with Gasteiger partial charge in [0.1, 0.15) is 0 Å². The molecule has 1 aliphatic rings. The number of nitrogens with one attached hydrogen (secondary N) is 1. The highest BCUT2D eigenvalue weighted by Gasteiger charge is 2.29.